The molecule has 7 nitrogen and oxygen atoms in total. The zero-order valence-electron chi connectivity index (χ0n) is 10.7. The number of nitrogens with one attached hydrogen (secondary N) is 1. The van der Waals surface area contributed by atoms with E-state index in [0.29, 0.717) is 19.4 Å². The molecule has 2 rings (SSSR count). The molecule has 104 valence electrons. The molecule has 1 heterocycles. The van der Waals surface area contributed by atoms with Gasteiger partial charge in [0.15, 0.2) is 6.29 Å². The fourth-order valence-corrected chi connectivity index (χ4v) is 1.52. The van der Waals surface area contributed by atoms with E-state index in [-0.39, 0.29) is 18.1 Å². The minimum absolute atomic E-state index is 0.0200. The van der Waals surface area contributed by atoms with Crippen molar-refractivity contribution in [3.8, 4) is 5.75 Å². The summed E-state index contributed by atoms with van der Waals surface area (Å²) in [5.74, 6) is 0.540. The number of para-hydroxylation sites is 1. The van der Waals surface area contributed by atoms with Gasteiger partial charge in [0.1, 0.15) is 24.6 Å². The maximum atomic E-state index is 11.6. The molecule has 1 aromatic heterocycles. The summed E-state index contributed by atoms with van der Waals surface area (Å²) in [6, 6.07) is 9.35. The molecule has 0 aliphatic carbocycles. The molecule has 0 aliphatic rings. The first-order valence-corrected chi connectivity index (χ1v) is 6.08. The lowest BCUT2D eigenvalue weighted by molar-refractivity contribution is -0.121. The zero-order valence-corrected chi connectivity index (χ0v) is 10.7. The molecule has 0 unspecified atom stereocenters. The van der Waals surface area contributed by atoms with Crippen LogP contribution in [0.25, 0.3) is 0 Å². The molecule has 0 bridgehead atoms. The summed E-state index contributed by atoms with van der Waals surface area (Å²) < 4.78 is 6.73. The Bertz CT molecular complexity index is 568. The predicted molar refractivity (Wildman–Crippen MR) is 70.4 cm³/mol. The van der Waals surface area contributed by atoms with Crippen LogP contribution in [0.4, 0.5) is 0 Å². The molecule has 7 heteroatoms. The first-order chi connectivity index (χ1) is 9.78. The van der Waals surface area contributed by atoms with E-state index in [1.807, 2.05) is 30.3 Å². The van der Waals surface area contributed by atoms with Crippen LogP contribution in [0.3, 0.4) is 0 Å². The summed E-state index contributed by atoms with van der Waals surface area (Å²) >= 11 is 0. The van der Waals surface area contributed by atoms with Gasteiger partial charge in [0.05, 0.1) is 12.7 Å². The van der Waals surface area contributed by atoms with Crippen molar-refractivity contribution in [1.82, 2.24) is 20.3 Å². The van der Waals surface area contributed by atoms with Gasteiger partial charge in [0.2, 0.25) is 5.91 Å². The molecule has 0 saturated carbocycles. The van der Waals surface area contributed by atoms with Gasteiger partial charge >= 0.3 is 0 Å². The van der Waals surface area contributed by atoms with E-state index in [1.165, 1.54) is 10.9 Å². The molecule has 1 N–H and O–H groups in total. The lowest BCUT2D eigenvalue weighted by Gasteiger charge is -2.07. The third-order valence-electron chi connectivity index (χ3n) is 2.42. The van der Waals surface area contributed by atoms with E-state index < -0.39 is 0 Å². The largest absolute Gasteiger partial charge is 0.492 e. The second kappa shape index (κ2) is 7.03. The average Bonchev–Trinajstić information content (AvgIpc) is 2.92. The number of hydrogen-bond donors (Lipinski definition) is 1. The summed E-state index contributed by atoms with van der Waals surface area (Å²) in [7, 11) is 0. The molecule has 0 aliphatic heterocycles. The number of carbonyl (C=O) groups excluding carboxylic acids is 2. The average molecular weight is 274 g/mol. The highest BCUT2D eigenvalue weighted by Gasteiger charge is 2.05. The SMILES string of the molecule is O=Cc1cn(CC(=O)NCCOc2ccccc2)nn1. The lowest BCUT2D eigenvalue weighted by Crippen LogP contribution is -2.31. The van der Waals surface area contributed by atoms with Crippen molar-refractivity contribution in [3.63, 3.8) is 0 Å². The predicted octanol–water partition coefficient (Wildman–Crippen LogP) is 0.286. The van der Waals surface area contributed by atoms with Crippen LogP contribution in [-0.2, 0) is 11.3 Å². The molecule has 1 aromatic carbocycles. The number of rotatable bonds is 7. The highest BCUT2D eigenvalue weighted by Crippen LogP contribution is 2.07. The van der Waals surface area contributed by atoms with E-state index in [1.54, 1.807) is 0 Å². The standard InChI is InChI=1S/C13H14N4O3/c18-10-11-8-17(16-15-11)9-13(19)14-6-7-20-12-4-2-1-3-5-12/h1-5,8,10H,6-7,9H2,(H,14,19). The number of amides is 1. The first kappa shape index (κ1) is 13.7. The van der Waals surface area contributed by atoms with E-state index in [0.717, 1.165) is 5.75 Å². The van der Waals surface area contributed by atoms with Crippen LogP contribution in [0.5, 0.6) is 5.75 Å². The molecule has 2 aromatic rings. The fraction of sp³-hybridized carbons (Fsp3) is 0.231. The molecule has 1 amide bonds. The van der Waals surface area contributed by atoms with E-state index in [2.05, 4.69) is 15.6 Å². The molecule has 0 saturated heterocycles. The topological polar surface area (TPSA) is 86.1 Å². The summed E-state index contributed by atoms with van der Waals surface area (Å²) in [4.78, 5) is 22.0. The van der Waals surface area contributed by atoms with Crippen molar-refractivity contribution >= 4 is 12.2 Å². The quantitative estimate of drug-likeness (QED) is 0.579. The lowest BCUT2D eigenvalue weighted by atomic mass is 10.3. The van der Waals surface area contributed by atoms with Crippen molar-refractivity contribution < 1.29 is 14.3 Å². The van der Waals surface area contributed by atoms with Crippen LogP contribution >= 0.6 is 0 Å². The van der Waals surface area contributed by atoms with Crippen molar-refractivity contribution in [3.05, 3.63) is 42.2 Å². The van der Waals surface area contributed by atoms with Crippen molar-refractivity contribution in [1.29, 1.82) is 0 Å². The van der Waals surface area contributed by atoms with Crippen LogP contribution in [0, 0.1) is 0 Å². The Morgan fingerprint density at radius 1 is 1.35 bits per heavy atom. The highest BCUT2D eigenvalue weighted by molar-refractivity contribution is 5.76. The summed E-state index contributed by atoms with van der Waals surface area (Å²) in [6.45, 7) is 0.793. The Hall–Kier alpha value is -2.70. The maximum absolute atomic E-state index is 11.6. The monoisotopic (exact) mass is 274 g/mol. The minimum Gasteiger partial charge on any atom is -0.492 e. The Labute approximate surface area is 115 Å². The van der Waals surface area contributed by atoms with Crippen LogP contribution in [0.1, 0.15) is 10.5 Å². The Kier molecular flexibility index (Phi) is 4.82. The smallest absolute Gasteiger partial charge is 0.241 e. The molecule has 0 fully saturated rings. The fourth-order valence-electron chi connectivity index (χ4n) is 1.52. The van der Waals surface area contributed by atoms with Gasteiger partial charge in [-0.1, -0.05) is 23.4 Å². The highest BCUT2D eigenvalue weighted by atomic mass is 16.5. The van der Waals surface area contributed by atoms with Gasteiger partial charge in [-0.2, -0.15) is 0 Å². The third kappa shape index (κ3) is 4.20. The van der Waals surface area contributed by atoms with Gasteiger partial charge in [-0.25, -0.2) is 4.68 Å². The Morgan fingerprint density at radius 2 is 2.15 bits per heavy atom. The normalized spacial score (nSPS) is 10.0. The molecule has 0 atom stereocenters. The van der Waals surface area contributed by atoms with Crippen LogP contribution in [0.15, 0.2) is 36.5 Å². The van der Waals surface area contributed by atoms with Crippen molar-refractivity contribution in [2.45, 2.75) is 6.54 Å². The van der Waals surface area contributed by atoms with Gasteiger partial charge in [-0.05, 0) is 12.1 Å². The second-order valence-electron chi connectivity index (χ2n) is 3.97. The molecule has 20 heavy (non-hydrogen) atoms. The van der Waals surface area contributed by atoms with Crippen LogP contribution in [-0.4, -0.2) is 40.3 Å². The van der Waals surface area contributed by atoms with E-state index in [4.69, 9.17) is 4.74 Å². The molecular weight excluding hydrogens is 260 g/mol. The second-order valence-corrected chi connectivity index (χ2v) is 3.97. The number of benzene rings is 1. The number of aromatic nitrogens is 3. The Morgan fingerprint density at radius 3 is 2.85 bits per heavy atom. The molecular formula is C13H14N4O3. The zero-order chi connectivity index (χ0) is 14.2. The van der Waals surface area contributed by atoms with Gasteiger partial charge in [0.25, 0.3) is 0 Å². The van der Waals surface area contributed by atoms with Crippen LogP contribution < -0.4 is 10.1 Å². The van der Waals surface area contributed by atoms with Crippen molar-refractivity contribution in [2.24, 2.45) is 0 Å². The van der Waals surface area contributed by atoms with Gasteiger partial charge in [0, 0.05) is 0 Å². The van der Waals surface area contributed by atoms with Crippen LogP contribution in [0.2, 0.25) is 0 Å². The van der Waals surface area contributed by atoms with Gasteiger partial charge in [-0.3, -0.25) is 9.59 Å². The van der Waals surface area contributed by atoms with Crippen molar-refractivity contribution in [2.75, 3.05) is 13.2 Å². The summed E-state index contributed by atoms with van der Waals surface area (Å²) in [5, 5.41) is 9.90. The minimum atomic E-state index is -0.219. The summed E-state index contributed by atoms with van der Waals surface area (Å²) in [6.07, 6.45) is 1.99. The van der Waals surface area contributed by atoms with E-state index in [9.17, 15) is 9.59 Å². The Balaban J connectivity index is 1.66. The van der Waals surface area contributed by atoms with Gasteiger partial charge in [-0.15, -0.1) is 5.10 Å². The number of nitrogens with zero attached hydrogens (tertiary/aromatic N) is 3. The maximum Gasteiger partial charge on any atom is 0.241 e. The molecule has 0 radical (unpaired) electrons. The van der Waals surface area contributed by atoms with E-state index >= 15 is 0 Å². The number of carbonyl (C=O) groups is 2. The van der Waals surface area contributed by atoms with Gasteiger partial charge < -0.3 is 10.1 Å². The number of ether oxygens (including phenoxy) is 1. The third-order valence-corrected chi connectivity index (χ3v) is 2.42. The first-order valence-electron chi connectivity index (χ1n) is 6.08. The summed E-state index contributed by atoms with van der Waals surface area (Å²) in [5.41, 5.74) is 0.199. The number of hydrogen-bond acceptors (Lipinski definition) is 5. The number of aldehydes is 1. The molecule has 0 spiro atoms.